The molecular weight excluding hydrogens is 166 g/mol. The second-order valence-electron chi connectivity index (χ2n) is 3.27. The number of carbonyl (C=O) groups excluding carboxylic acids is 1. The topological polar surface area (TPSA) is 46.9 Å². The van der Waals surface area contributed by atoms with Crippen LogP contribution in [0.2, 0.25) is 0 Å². The fraction of sp³-hybridized carbons (Fsp3) is 0.556. The first-order valence-corrected chi connectivity index (χ1v) is 4.28. The first-order valence-electron chi connectivity index (χ1n) is 4.28. The van der Waals surface area contributed by atoms with Crippen LogP contribution in [0.3, 0.4) is 0 Å². The van der Waals surface area contributed by atoms with Crippen molar-refractivity contribution in [1.29, 1.82) is 0 Å². The van der Waals surface area contributed by atoms with E-state index in [0.717, 1.165) is 11.3 Å². The van der Waals surface area contributed by atoms with Gasteiger partial charge in [-0.15, -0.1) is 0 Å². The van der Waals surface area contributed by atoms with E-state index in [0.29, 0.717) is 0 Å². The van der Waals surface area contributed by atoms with Gasteiger partial charge < -0.3 is 5.32 Å². The Hall–Kier alpha value is -1.32. The number of aromatic nitrogens is 2. The van der Waals surface area contributed by atoms with Gasteiger partial charge in [0, 0.05) is 25.7 Å². The maximum absolute atomic E-state index is 10.8. The zero-order chi connectivity index (χ0) is 10.0. The van der Waals surface area contributed by atoms with Crippen molar-refractivity contribution in [2.24, 2.45) is 7.05 Å². The quantitative estimate of drug-likeness (QED) is 0.737. The number of nitrogens with zero attached hydrogens (tertiary/aromatic N) is 2. The second-order valence-corrected chi connectivity index (χ2v) is 3.27. The molecule has 1 heterocycles. The number of hydrogen-bond acceptors (Lipinski definition) is 2. The highest BCUT2D eigenvalue weighted by atomic mass is 16.1. The molecule has 0 radical (unpaired) electrons. The fourth-order valence-corrected chi connectivity index (χ4v) is 1.43. The van der Waals surface area contributed by atoms with Crippen molar-refractivity contribution in [1.82, 2.24) is 15.1 Å². The third kappa shape index (κ3) is 2.31. The second kappa shape index (κ2) is 3.60. The van der Waals surface area contributed by atoms with Crippen molar-refractivity contribution in [2.75, 3.05) is 0 Å². The summed E-state index contributed by atoms with van der Waals surface area (Å²) in [5.41, 5.74) is 2.03. The standard InChI is InChI=1S/C9H15N3O/c1-6(10-8(3)13)9-5-12(4)11-7(9)2/h5-6H,1-4H3,(H,10,13)/t6-/m1/s1. The molecule has 4 heteroatoms. The Balaban J connectivity index is 2.81. The van der Waals surface area contributed by atoms with Crippen molar-refractivity contribution in [3.8, 4) is 0 Å². The number of rotatable bonds is 2. The molecule has 0 aliphatic carbocycles. The fourth-order valence-electron chi connectivity index (χ4n) is 1.43. The van der Waals surface area contributed by atoms with Gasteiger partial charge in [-0.05, 0) is 13.8 Å². The predicted octanol–water partition coefficient (Wildman–Crippen LogP) is 0.926. The van der Waals surface area contributed by atoms with Gasteiger partial charge >= 0.3 is 0 Å². The van der Waals surface area contributed by atoms with Crippen molar-refractivity contribution in [3.63, 3.8) is 0 Å². The molecular formula is C9H15N3O. The van der Waals surface area contributed by atoms with E-state index in [1.165, 1.54) is 6.92 Å². The molecule has 1 aromatic rings. The van der Waals surface area contributed by atoms with E-state index >= 15 is 0 Å². The zero-order valence-corrected chi connectivity index (χ0v) is 8.46. The van der Waals surface area contributed by atoms with Gasteiger partial charge in [-0.1, -0.05) is 0 Å². The SMILES string of the molecule is CC(=O)N[C@H](C)c1cn(C)nc1C. The molecule has 0 saturated carbocycles. The molecule has 1 atom stereocenters. The highest BCUT2D eigenvalue weighted by Crippen LogP contribution is 2.14. The van der Waals surface area contributed by atoms with Gasteiger partial charge in [-0.2, -0.15) is 5.10 Å². The van der Waals surface area contributed by atoms with Gasteiger partial charge in [0.1, 0.15) is 0 Å². The molecule has 1 aromatic heterocycles. The van der Waals surface area contributed by atoms with E-state index in [2.05, 4.69) is 10.4 Å². The van der Waals surface area contributed by atoms with Gasteiger partial charge in [0.05, 0.1) is 11.7 Å². The highest BCUT2D eigenvalue weighted by molar-refractivity contribution is 5.73. The Morgan fingerprint density at radius 3 is 2.69 bits per heavy atom. The molecule has 0 spiro atoms. The van der Waals surface area contributed by atoms with Crippen LogP contribution in [0, 0.1) is 6.92 Å². The van der Waals surface area contributed by atoms with Crippen LogP contribution < -0.4 is 5.32 Å². The summed E-state index contributed by atoms with van der Waals surface area (Å²) in [4.78, 5) is 10.8. The minimum absolute atomic E-state index is 0.0178. The van der Waals surface area contributed by atoms with Crippen LogP contribution in [0.15, 0.2) is 6.20 Å². The van der Waals surface area contributed by atoms with Crippen LogP contribution in [-0.4, -0.2) is 15.7 Å². The zero-order valence-electron chi connectivity index (χ0n) is 8.46. The number of amides is 1. The van der Waals surface area contributed by atoms with Gasteiger partial charge in [0.15, 0.2) is 0 Å². The lowest BCUT2D eigenvalue weighted by molar-refractivity contribution is -0.119. The monoisotopic (exact) mass is 181 g/mol. The molecule has 0 fully saturated rings. The molecule has 1 rings (SSSR count). The Labute approximate surface area is 77.9 Å². The van der Waals surface area contributed by atoms with Gasteiger partial charge in [0.2, 0.25) is 5.91 Å². The summed E-state index contributed by atoms with van der Waals surface area (Å²) in [6, 6.07) is 0.0335. The summed E-state index contributed by atoms with van der Waals surface area (Å²) in [5.74, 6) is -0.0178. The molecule has 4 nitrogen and oxygen atoms in total. The van der Waals surface area contributed by atoms with Gasteiger partial charge in [-0.25, -0.2) is 0 Å². The van der Waals surface area contributed by atoms with Crippen LogP contribution in [-0.2, 0) is 11.8 Å². The van der Waals surface area contributed by atoms with Crippen molar-refractivity contribution in [2.45, 2.75) is 26.8 Å². The minimum atomic E-state index is -0.0178. The summed E-state index contributed by atoms with van der Waals surface area (Å²) in [6.07, 6.45) is 1.93. The van der Waals surface area contributed by atoms with E-state index in [9.17, 15) is 4.79 Å². The van der Waals surface area contributed by atoms with Crippen LogP contribution in [0.1, 0.15) is 31.1 Å². The van der Waals surface area contributed by atoms with E-state index in [4.69, 9.17) is 0 Å². The average Bonchev–Trinajstić information content (AvgIpc) is 2.28. The molecule has 0 bridgehead atoms. The summed E-state index contributed by atoms with van der Waals surface area (Å²) in [5, 5.41) is 7.03. The van der Waals surface area contributed by atoms with E-state index in [-0.39, 0.29) is 11.9 Å². The first-order chi connectivity index (χ1) is 6.00. The van der Waals surface area contributed by atoms with Crippen LogP contribution in [0.25, 0.3) is 0 Å². The minimum Gasteiger partial charge on any atom is -0.350 e. The van der Waals surface area contributed by atoms with Gasteiger partial charge in [-0.3, -0.25) is 9.48 Å². The third-order valence-electron chi connectivity index (χ3n) is 1.94. The molecule has 72 valence electrons. The molecule has 1 amide bonds. The lowest BCUT2D eigenvalue weighted by Gasteiger charge is -2.10. The Kier molecular flexibility index (Phi) is 2.70. The van der Waals surface area contributed by atoms with Crippen molar-refractivity contribution >= 4 is 5.91 Å². The average molecular weight is 181 g/mol. The summed E-state index contributed by atoms with van der Waals surface area (Å²) < 4.78 is 1.75. The van der Waals surface area contributed by atoms with Crippen LogP contribution in [0.4, 0.5) is 0 Å². The third-order valence-corrected chi connectivity index (χ3v) is 1.94. The van der Waals surface area contributed by atoms with Crippen LogP contribution >= 0.6 is 0 Å². The lowest BCUT2D eigenvalue weighted by Crippen LogP contribution is -2.23. The van der Waals surface area contributed by atoms with Gasteiger partial charge in [0.25, 0.3) is 0 Å². The highest BCUT2D eigenvalue weighted by Gasteiger charge is 2.11. The van der Waals surface area contributed by atoms with E-state index in [1.807, 2.05) is 27.1 Å². The summed E-state index contributed by atoms with van der Waals surface area (Å²) >= 11 is 0. The summed E-state index contributed by atoms with van der Waals surface area (Å²) in [6.45, 7) is 5.40. The molecule has 0 aliphatic rings. The maximum atomic E-state index is 10.8. The molecule has 13 heavy (non-hydrogen) atoms. The molecule has 0 unspecified atom stereocenters. The van der Waals surface area contributed by atoms with Crippen LogP contribution in [0.5, 0.6) is 0 Å². The van der Waals surface area contributed by atoms with Crippen molar-refractivity contribution < 1.29 is 4.79 Å². The number of carbonyl (C=O) groups is 1. The largest absolute Gasteiger partial charge is 0.350 e. The lowest BCUT2D eigenvalue weighted by atomic mass is 10.1. The van der Waals surface area contributed by atoms with Crippen molar-refractivity contribution in [3.05, 3.63) is 17.5 Å². The van der Waals surface area contributed by atoms with E-state index in [1.54, 1.807) is 4.68 Å². The number of hydrogen-bond donors (Lipinski definition) is 1. The molecule has 0 aromatic carbocycles. The number of nitrogens with one attached hydrogen (secondary N) is 1. The smallest absolute Gasteiger partial charge is 0.217 e. The van der Waals surface area contributed by atoms with E-state index < -0.39 is 0 Å². The predicted molar refractivity (Wildman–Crippen MR) is 50.2 cm³/mol. The Morgan fingerprint density at radius 2 is 2.31 bits per heavy atom. The molecule has 0 saturated heterocycles. The number of aryl methyl sites for hydroxylation is 2. The summed E-state index contributed by atoms with van der Waals surface area (Å²) in [7, 11) is 1.87. The maximum Gasteiger partial charge on any atom is 0.217 e. The molecule has 0 aliphatic heterocycles. The molecule has 1 N–H and O–H groups in total. The Bertz CT molecular complexity index is 317. The normalized spacial score (nSPS) is 12.6. The first kappa shape index (κ1) is 9.77. The Morgan fingerprint density at radius 1 is 1.69 bits per heavy atom.